The molecule has 0 spiro atoms. The van der Waals surface area contributed by atoms with E-state index >= 15 is 0 Å². The number of anilines is 1. The van der Waals surface area contributed by atoms with Gasteiger partial charge in [0, 0.05) is 22.5 Å². The highest BCUT2D eigenvalue weighted by molar-refractivity contribution is 9.10. The van der Waals surface area contributed by atoms with Crippen molar-refractivity contribution in [2.45, 2.75) is 19.4 Å². The Morgan fingerprint density at radius 3 is 2.48 bits per heavy atom. The molecule has 0 saturated heterocycles. The van der Waals surface area contributed by atoms with Crippen molar-refractivity contribution in [2.24, 2.45) is 0 Å². The Morgan fingerprint density at radius 1 is 1.16 bits per heavy atom. The summed E-state index contributed by atoms with van der Waals surface area (Å²) in [5.74, 6) is 1.19. The molecule has 0 radical (unpaired) electrons. The Hall–Kier alpha value is -2.05. The van der Waals surface area contributed by atoms with Gasteiger partial charge in [-0.25, -0.2) is 0 Å². The molecule has 0 bridgehead atoms. The number of ether oxygens (including phenoxy) is 2. The lowest BCUT2D eigenvalue weighted by atomic mass is 10.0. The van der Waals surface area contributed by atoms with Crippen molar-refractivity contribution in [1.82, 2.24) is 0 Å². The third-order valence-corrected chi connectivity index (χ3v) is 4.54. The number of hydrogen-bond acceptors (Lipinski definition) is 3. The standard InChI is InChI=1S/C19H23BrN2O3/c1-4-16(13-5-7-14(20)8-6-13)21-12-19(23)22-17-11-15(24-2)9-10-18(17)25-3/h5-11,16,21H,4,12H2,1-3H3,(H,22,23)/p+1/t16-/m0/s1. The summed E-state index contributed by atoms with van der Waals surface area (Å²) < 4.78 is 11.5. The average molecular weight is 408 g/mol. The van der Waals surface area contributed by atoms with E-state index in [2.05, 4.69) is 40.3 Å². The van der Waals surface area contributed by atoms with Crippen LogP contribution in [0.1, 0.15) is 24.9 Å². The van der Waals surface area contributed by atoms with Gasteiger partial charge in [0.15, 0.2) is 6.54 Å². The fourth-order valence-electron chi connectivity index (χ4n) is 2.61. The topological polar surface area (TPSA) is 64.2 Å². The Bertz CT molecular complexity index is 704. The molecule has 0 aromatic heterocycles. The minimum Gasteiger partial charge on any atom is -0.497 e. The number of quaternary nitrogens is 1. The molecular formula is C19H24BrN2O3+. The van der Waals surface area contributed by atoms with E-state index in [9.17, 15) is 4.79 Å². The van der Waals surface area contributed by atoms with Crippen LogP contribution in [0.3, 0.4) is 0 Å². The van der Waals surface area contributed by atoms with Gasteiger partial charge in [0.05, 0.1) is 19.9 Å². The smallest absolute Gasteiger partial charge is 0.279 e. The predicted molar refractivity (Wildman–Crippen MR) is 102 cm³/mol. The molecule has 0 unspecified atom stereocenters. The van der Waals surface area contributed by atoms with Crippen LogP contribution in [0.5, 0.6) is 11.5 Å². The number of rotatable bonds is 8. The third-order valence-electron chi connectivity index (χ3n) is 4.01. The van der Waals surface area contributed by atoms with Gasteiger partial charge < -0.3 is 20.1 Å². The summed E-state index contributed by atoms with van der Waals surface area (Å²) in [7, 11) is 3.16. The molecule has 0 aliphatic carbocycles. The van der Waals surface area contributed by atoms with Crippen LogP contribution in [-0.4, -0.2) is 26.7 Å². The highest BCUT2D eigenvalue weighted by Crippen LogP contribution is 2.28. The number of nitrogens with one attached hydrogen (secondary N) is 1. The van der Waals surface area contributed by atoms with Gasteiger partial charge in [-0.1, -0.05) is 35.0 Å². The third kappa shape index (κ3) is 5.47. The number of amides is 1. The zero-order chi connectivity index (χ0) is 18.2. The maximum absolute atomic E-state index is 12.3. The molecule has 0 aliphatic rings. The van der Waals surface area contributed by atoms with Crippen LogP contribution >= 0.6 is 15.9 Å². The molecule has 1 amide bonds. The number of nitrogens with two attached hydrogens (primary N) is 1. The van der Waals surface area contributed by atoms with Crippen molar-refractivity contribution in [2.75, 3.05) is 26.1 Å². The van der Waals surface area contributed by atoms with Crippen molar-refractivity contribution < 1.29 is 19.6 Å². The fourth-order valence-corrected chi connectivity index (χ4v) is 2.88. The van der Waals surface area contributed by atoms with E-state index in [1.165, 1.54) is 5.56 Å². The highest BCUT2D eigenvalue weighted by atomic mass is 79.9. The van der Waals surface area contributed by atoms with E-state index in [4.69, 9.17) is 9.47 Å². The molecule has 3 N–H and O–H groups in total. The van der Waals surface area contributed by atoms with E-state index in [0.717, 1.165) is 10.9 Å². The molecule has 2 aromatic carbocycles. The Labute approximate surface area is 156 Å². The number of benzene rings is 2. The lowest BCUT2D eigenvalue weighted by Crippen LogP contribution is -2.87. The lowest BCUT2D eigenvalue weighted by Gasteiger charge is -2.15. The molecule has 0 saturated carbocycles. The molecule has 1 atom stereocenters. The van der Waals surface area contributed by atoms with E-state index in [1.54, 1.807) is 32.4 Å². The summed E-state index contributed by atoms with van der Waals surface area (Å²) in [4.78, 5) is 12.3. The van der Waals surface area contributed by atoms with E-state index < -0.39 is 0 Å². The second kappa shape index (κ2) is 9.44. The molecule has 6 heteroatoms. The minimum atomic E-state index is -0.0814. The first kappa shape index (κ1) is 19.3. The second-order valence-corrected chi connectivity index (χ2v) is 6.54. The molecule has 5 nitrogen and oxygen atoms in total. The van der Waals surface area contributed by atoms with Crippen molar-refractivity contribution >= 4 is 27.5 Å². The fraction of sp³-hybridized carbons (Fsp3) is 0.316. The SMILES string of the molecule is CC[C@H]([NH2+]CC(=O)Nc1cc(OC)ccc1OC)c1ccc(Br)cc1. The van der Waals surface area contributed by atoms with Crippen LogP contribution in [0.2, 0.25) is 0 Å². The van der Waals surface area contributed by atoms with Gasteiger partial charge >= 0.3 is 0 Å². The van der Waals surface area contributed by atoms with Crippen LogP contribution in [0.25, 0.3) is 0 Å². The molecule has 2 rings (SSSR count). The first-order valence-corrected chi connectivity index (χ1v) is 8.97. The van der Waals surface area contributed by atoms with Gasteiger partial charge in [-0.2, -0.15) is 0 Å². The van der Waals surface area contributed by atoms with Crippen LogP contribution in [0.15, 0.2) is 46.9 Å². The first-order valence-electron chi connectivity index (χ1n) is 8.18. The summed E-state index contributed by atoms with van der Waals surface area (Å²) in [5.41, 5.74) is 1.81. The zero-order valence-corrected chi connectivity index (χ0v) is 16.3. The Kier molecular flexibility index (Phi) is 7.28. The van der Waals surface area contributed by atoms with Gasteiger partial charge in [0.2, 0.25) is 0 Å². The average Bonchev–Trinajstić information content (AvgIpc) is 2.63. The number of methoxy groups -OCH3 is 2. The van der Waals surface area contributed by atoms with Gasteiger partial charge in [-0.3, -0.25) is 4.79 Å². The van der Waals surface area contributed by atoms with Gasteiger partial charge in [-0.05, 0) is 24.3 Å². The Morgan fingerprint density at radius 2 is 1.88 bits per heavy atom. The number of halogens is 1. The van der Waals surface area contributed by atoms with Crippen LogP contribution < -0.4 is 20.1 Å². The number of carbonyl (C=O) groups excluding carboxylic acids is 1. The lowest BCUT2D eigenvalue weighted by molar-refractivity contribution is -0.686. The molecule has 0 aliphatic heterocycles. The number of carbonyl (C=O) groups is 1. The summed E-state index contributed by atoms with van der Waals surface area (Å²) in [5, 5.41) is 4.94. The van der Waals surface area contributed by atoms with E-state index in [0.29, 0.717) is 23.7 Å². The maximum Gasteiger partial charge on any atom is 0.279 e. The summed E-state index contributed by atoms with van der Waals surface area (Å²) in [6.07, 6.45) is 0.942. The summed E-state index contributed by atoms with van der Waals surface area (Å²) >= 11 is 3.44. The van der Waals surface area contributed by atoms with Gasteiger partial charge in [0.1, 0.15) is 17.5 Å². The molecule has 0 fully saturated rings. The second-order valence-electron chi connectivity index (χ2n) is 5.62. The quantitative estimate of drug-likeness (QED) is 0.706. The predicted octanol–water partition coefficient (Wildman–Crippen LogP) is 3.12. The summed E-state index contributed by atoms with van der Waals surface area (Å²) in [6, 6.07) is 13.8. The molecule has 134 valence electrons. The largest absolute Gasteiger partial charge is 0.497 e. The zero-order valence-electron chi connectivity index (χ0n) is 14.7. The molecule has 2 aromatic rings. The minimum absolute atomic E-state index is 0.0814. The van der Waals surface area contributed by atoms with Crippen LogP contribution in [0.4, 0.5) is 5.69 Å². The van der Waals surface area contributed by atoms with Gasteiger partial charge in [0.25, 0.3) is 5.91 Å². The molecule has 0 heterocycles. The molecule has 25 heavy (non-hydrogen) atoms. The van der Waals surface area contributed by atoms with Crippen molar-refractivity contribution in [3.05, 3.63) is 52.5 Å². The van der Waals surface area contributed by atoms with Crippen LogP contribution in [-0.2, 0) is 4.79 Å². The van der Waals surface area contributed by atoms with E-state index in [1.807, 2.05) is 17.4 Å². The number of hydrogen-bond donors (Lipinski definition) is 2. The monoisotopic (exact) mass is 407 g/mol. The Balaban J connectivity index is 1.98. The highest BCUT2D eigenvalue weighted by Gasteiger charge is 2.16. The first-order chi connectivity index (χ1) is 12.1. The van der Waals surface area contributed by atoms with Crippen molar-refractivity contribution in [3.8, 4) is 11.5 Å². The summed E-state index contributed by atoms with van der Waals surface area (Å²) in [6.45, 7) is 2.45. The van der Waals surface area contributed by atoms with Gasteiger partial charge in [-0.15, -0.1) is 0 Å². The normalized spacial score (nSPS) is 11.7. The van der Waals surface area contributed by atoms with Crippen molar-refractivity contribution in [3.63, 3.8) is 0 Å². The van der Waals surface area contributed by atoms with Crippen LogP contribution in [0, 0.1) is 0 Å². The molecular weight excluding hydrogens is 384 g/mol. The maximum atomic E-state index is 12.3. The van der Waals surface area contributed by atoms with E-state index in [-0.39, 0.29) is 11.9 Å². The van der Waals surface area contributed by atoms with Crippen molar-refractivity contribution in [1.29, 1.82) is 0 Å².